The lowest BCUT2D eigenvalue weighted by Crippen LogP contribution is -2.28. The van der Waals surface area contributed by atoms with Gasteiger partial charge in [-0.3, -0.25) is 9.78 Å². The van der Waals surface area contributed by atoms with Crippen LogP contribution in [0.5, 0.6) is 0 Å². The molecule has 8 nitrogen and oxygen atoms in total. The fourth-order valence-electron chi connectivity index (χ4n) is 2.98. The number of anilines is 3. The van der Waals surface area contributed by atoms with Gasteiger partial charge in [0.1, 0.15) is 12.5 Å². The summed E-state index contributed by atoms with van der Waals surface area (Å²) in [5.74, 6) is -0.0889. The van der Waals surface area contributed by atoms with Crippen molar-refractivity contribution < 1.29 is 22.0 Å². The Morgan fingerprint density at radius 3 is 2.79 bits per heavy atom. The zero-order valence-corrected chi connectivity index (χ0v) is 16.0. The molecule has 3 aromatic rings. The lowest BCUT2D eigenvalue weighted by molar-refractivity contribution is 0.112. The predicted octanol–water partition coefficient (Wildman–Crippen LogP) is 3.00. The number of aromatic nitrogens is 1. The molecule has 2 aromatic heterocycles. The van der Waals surface area contributed by atoms with Gasteiger partial charge in [-0.25, -0.2) is 17.8 Å². The maximum Gasteiger partial charge on any atom is 0.192 e. The summed E-state index contributed by atoms with van der Waals surface area (Å²) in [6.07, 6.45) is 6.20. The van der Waals surface area contributed by atoms with E-state index in [4.69, 9.17) is 4.42 Å². The van der Waals surface area contributed by atoms with Crippen molar-refractivity contribution in [3.8, 4) is 0 Å². The standard InChI is InChI=1S/C19H15FN4O4S/c1-29(26,27)13-2-3-15(14(20)8-13)23-19-18-17(5-7-28-18)24(11-22-19)16-4-6-21-9-12(16)10-25/h2-10H,11H2,1H3,(H,22,23). The number of aldehydes is 1. The van der Waals surface area contributed by atoms with Crippen molar-refractivity contribution in [2.24, 2.45) is 4.99 Å². The Kier molecular flexibility index (Phi) is 4.63. The number of carbonyl (C=O) groups excluding carboxylic acids is 1. The summed E-state index contributed by atoms with van der Waals surface area (Å²) in [6.45, 7) is 0.156. The highest BCUT2D eigenvalue weighted by Gasteiger charge is 2.26. The molecule has 0 atom stereocenters. The maximum absolute atomic E-state index is 14.4. The molecular formula is C19H15FN4O4S. The van der Waals surface area contributed by atoms with Crippen LogP contribution in [0.2, 0.25) is 0 Å². The first-order valence-electron chi connectivity index (χ1n) is 8.44. The SMILES string of the molecule is CS(=O)(=O)c1ccc(NC2=NCN(c3ccncc3C=O)c3ccoc32)c(F)c1. The Morgan fingerprint density at radius 2 is 2.07 bits per heavy atom. The van der Waals surface area contributed by atoms with E-state index in [2.05, 4.69) is 15.3 Å². The van der Waals surface area contributed by atoms with Gasteiger partial charge in [-0.1, -0.05) is 0 Å². The van der Waals surface area contributed by atoms with E-state index in [1.54, 1.807) is 23.2 Å². The molecule has 1 aliphatic rings. The van der Waals surface area contributed by atoms with Crippen LogP contribution in [0, 0.1) is 5.82 Å². The van der Waals surface area contributed by atoms with Gasteiger partial charge in [0.15, 0.2) is 27.7 Å². The molecule has 0 amide bonds. The van der Waals surface area contributed by atoms with Crippen molar-refractivity contribution in [3.63, 3.8) is 0 Å². The second-order valence-corrected chi connectivity index (χ2v) is 8.32. The number of nitrogens with one attached hydrogen (secondary N) is 1. The van der Waals surface area contributed by atoms with Crippen molar-refractivity contribution in [2.75, 3.05) is 23.1 Å². The first-order valence-corrected chi connectivity index (χ1v) is 10.3. The molecule has 0 saturated heterocycles. The van der Waals surface area contributed by atoms with E-state index in [9.17, 15) is 17.6 Å². The predicted molar refractivity (Wildman–Crippen MR) is 105 cm³/mol. The van der Waals surface area contributed by atoms with E-state index in [0.29, 0.717) is 29.0 Å². The number of benzene rings is 1. The zero-order chi connectivity index (χ0) is 20.6. The molecule has 0 unspecified atom stereocenters. The van der Waals surface area contributed by atoms with Gasteiger partial charge < -0.3 is 14.6 Å². The molecule has 0 spiro atoms. The number of halogens is 1. The molecular weight excluding hydrogens is 399 g/mol. The van der Waals surface area contributed by atoms with E-state index in [0.717, 1.165) is 12.3 Å². The summed E-state index contributed by atoms with van der Waals surface area (Å²) in [5, 5.41) is 2.85. The third-order valence-electron chi connectivity index (χ3n) is 4.39. The summed E-state index contributed by atoms with van der Waals surface area (Å²) in [6, 6.07) is 7.00. The molecule has 3 heterocycles. The van der Waals surface area contributed by atoms with Crippen LogP contribution in [0.25, 0.3) is 0 Å². The molecule has 1 aliphatic heterocycles. The third-order valence-corrected chi connectivity index (χ3v) is 5.50. The normalized spacial score (nSPS) is 13.6. The van der Waals surface area contributed by atoms with Gasteiger partial charge in [-0.15, -0.1) is 0 Å². The van der Waals surface area contributed by atoms with Gasteiger partial charge in [0.25, 0.3) is 0 Å². The van der Waals surface area contributed by atoms with E-state index < -0.39 is 15.7 Å². The van der Waals surface area contributed by atoms with Gasteiger partial charge in [-0.2, -0.15) is 0 Å². The number of furan rings is 1. The number of carbonyl (C=O) groups is 1. The van der Waals surface area contributed by atoms with Crippen molar-refractivity contribution in [1.82, 2.24) is 4.98 Å². The van der Waals surface area contributed by atoms with Crippen LogP contribution >= 0.6 is 0 Å². The fraction of sp³-hybridized carbons (Fsp3) is 0.105. The number of aliphatic imine (C=N–C) groups is 1. The Balaban J connectivity index is 1.67. The maximum atomic E-state index is 14.4. The van der Waals surface area contributed by atoms with Gasteiger partial charge in [0, 0.05) is 24.7 Å². The van der Waals surface area contributed by atoms with Crippen molar-refractivity contribution in [3.05, 3.63) is 66.1 Å². The Bertz CT molecular complexity index is 1240. The monoisotopic (exact) mass is 414 g/mol. The van der Waals surface area contributed by atoms with E-state index in [1.165, 1.54) is 24.6 Å². The summed E-state index contributed by atoms with van der Waals surface area (Å²) in [4.78, 5) is 21.3. The fourth-order valence-corrected chi connectivity index (χ4v) is 3.61. The van der Waals surface area contributed by atoms with Crippen LogP contribution < -0.4 is 10.2 Å². The van der Waals surface area contributed by atoms with Crippen molar-refractivity contribution in [2.45, 2.75) is 4.90 Å². The number of nitrogens with zero attached hydrogens (tertiary/aromatic N) is 3. The minimum Gasteiger partial charge on any atom is -0.459 e. The van der Waals surface area contributed by atoms with E-state index >= 15 is 0 Å². The minimum absolute atomic E-state index is 0.0597. The second-order valence-electron chi connectivity index (χ2n) is 6.30. The number of sulfone groups is 1. The lowest BCUT2D eigenvalue weighted by Gasteiger charge is -2.27. The quantitative estimate of drug-likeness (QED) is 0.654. The smallest absolute Gasteiger partial charge is 0.192 e. The average Bonchev–Trinajstić information content (AvgIpc) is 3.19. The first-order chi connectivity index (χ1) is 13.9. The number of hydrogen-bond donors (Lipinski definition) is 1. The van der Waals surface area contributed by atoms with Crippen LogP contribution in [-0.4, -0.2) is 38.4 Å². The highest BCUT2D eigenvalue weighted by atomic mass is 32.2. The highest BCUT2D eigenvalue weighted by Crippen LogP contribution is 2.34. The van der Waals surface area contributed by atoms with Gasteiger partial charge in [-0.05, 0) is 24.3 Å². The summed E-state index contributed by atoms with van der Waals surface area (Å²) >= 11 is 0. The average molecular weight is 414 g/mol. The van der Waals surface area contributed by atoms with Crippen molar-refractivity contribution in [1.29, 1.82) is 0 Å². The van der Waals surface area contributed by atoms with Gasteiger partial charge in [0.2, 0.25) is 0 Å². The van der Waals surface area contributed by atoms with Crippen LogP contribution in [0.15, 0.2) is 63.3 Å². The summed E-state index contributed by atoms with van der Waals surface area (Å²) in [7, 11) is -3.52. The molecule has 0 bridgehead atoms. The molecule has 4 rings (SSSR count). The second kappa shape index (κ2) is 7.13. The van der Waals surface area contributed by atoms with E-state index in [-0.39, 0.29) is 23.1 Å². The number of amidine groups is 1. The molecule has 1 aromatic carbocycles. The Hall–Kier alpha value is -3.53. The minimum atomic E-state index is -3.52. The van der Waals surface area contributed by atoms with Crippen molar-refractivity contribution >= 4 is 39.0 Å². The van der Waals surface area contributed by atoms with Crippen LogP contribution in [0.4, 0.5) is 21.5 Å². The lowest BCUT2D eigenvalue weighted by atomic mass is 10.2. The van der Waals surface area contributed by atoms with E-state index in [1.807, 2.05) is 0 Å². The topological polar surface area (TPSA) is 105 Å². The van der Waals surface area contributed by atoms with Gasteiger partial charge in [0.05, 0.1) is 33.8 Å². The van der Waals surface area contributed by atoms with Gasteiger partial charge >= 0.3 is 0 Å². The number of pyridine rings is 1. The Labute approximate surface area is 165 Å². The molecule has 0 fully saturated rings. The third kappa shape index (κ3) is 3.49. The molecule has 0 aliphatic carbocycles. The molecule has 29 heavy (non-hydrogen) atoms. The number of hydrogen-bond acceptors (Lipinski definition) is 8. The summed E-state index contributed by atoms with van der Waals surface area (Å²) < 4.78 is 43.1. The Morgan fingerprint density at radius 1 is 1.24 bits per heavy atom. The highest BCUT2D eigenvalue weighted by molar-refractivity contribution is 7.90. The number of rotatable bonds is 4. The largest absolute Gasteiger partial charge is 0.459 e. The number of fused-ring (bicyclic) bond motifs is 1. The molecule has 10 heteroatoms. The van der Waals surface area contributed by atoms with Crippen LogP contribution in [0.3, 0.4) is 0 Å². The molecule has 1 N–H and O–H groups in total. The molecule has 0 saturated carbocycles. The zero-order valence-electron chi connectivity index (χ0n) is 15.2. The van der Waals surface area contributed by atoms with Crippen LogP contribution in [0.1, 0.15) is 16.1 Å². The molecule has 0 radical (unpaired) electrons. The first kappa shape index (κ1) is 18.8. The molecule has 148 valence electrons. The van der Waals surface area contributed by atoms with Crippen LogP contribution in [-0.2, 0) is 9.84 Å². The summed E-state index contributed by atoms with van der Waals surface area (Å²) in [5.41, 5.74) is 1.72.